The van der Waals surface area contributed by atoms with Crippen LogP contribution in [0.25, 0.3) is 11.2 Å². The van der Waals surface area contributed by atoms with Gasteiger partial charge >= 0.3 is 5.69 Å². The minimum absolute atomic E-state index is 0.307. The van der Waals surface area contributed by atoms with E-state index in [1.54, 1.807) is 18.8 Å². The molecule has 0 atom stereocenters. The van der Waals surface area contributed by atoms with Crippen LogP contribution in [0.4, 0.5) is 5.95 Å². The first kappa shape index (κ1) is 12.6. The molecule has 3 rings (SSSR count). The summed E-state index contributed by atoms with van der Waals surface area (Å²) in [5, 5.41) is 3.07. The Bertz CT molecular complexity index is 873. The fraction of sp³-hybridized carbons (Fsp3) is 0.273. The molecule has 3 aromatic rings. The second-order valence-electron chi connectivity index (χ2n) is 4.31. The van der Waals surface area contributed by atoms with E-state index in [4.69, 9.17) is 0 Å². The Morgan fingerprint density at radius 3 is 2.85 bits per heavy atom. The van der Waals surface area contributed by atoms with Gasteiger partial charge in [-0.3, -0.25) is 18.9 Å². The lowest BCUT2D eigenvalue weighted by molar-refractivity contribution is 0.709. The highest BCUT2D eigenvalue weighted by molar-refractivity contribution is 7.09. The number of fused-ring (bicyclic) bond motifs is 1. The molecule has 3 heterocycles. The highest BCUT2D eigenvalue weighted by atomic mass is 32.1. The number of aryl methyl sites for hydroxylation is 1. The minimum atomic E-state index is -0.400. The number of thiazole rings is 1. The van der Waals surface area contributed by atoms with Gasteiger partial charge in [0.05, 0.1) is 12.1 Å². The van der Waals surface area contributed by atoms with Gasteiger partial charge in [-0.1, -0.05) is 0 Å². The smallest absolute Gasteiger partial charge is 0.332 e. The van der Waals surface area contributed by atoms with Gasteiger partial charge < -0.3 is 10.3 Å². The van der Waals surface area contributed by atoms with Gasteiger partial charge in [0.1, 0.15) is 0 Å². The molecule has 0 unspecified atom stereocenters. The summed E-state index contributed by atoms with van der Waals surface area (Å²) in [6.07, 6.45) is 1.76. The van der Waals surface area contributed by atoms with Crippen LogP contribution in [0.1, 0.15) is 4.88 Å². The van der Waals surface area contributed by atoms with Gasteiger partial charge in [0, 0.05) is 25.2 Å². The van der Waals surface area contributed by atoms with Crippen LogP contribution < -0.4 is 16.6 Å². The maximum absolute atomic E-state index is 12.0. The van der Waals surface area contributed by atoms with Crippen molar-refractivity contribution in [2.45, 2.75) is 6.54 Å². The van der Waals surface area contributed by atoms with Crippen LogP contribution in [0, 0.1) is 0 Å². The molecule has 0 saturated heterocycles. The lowest BCUT2D eigenvalue weighted by Gasteiger charge is -2.00. The van der Waals surface area contributed by atoms with Crippen molar-refractivity contribution in [1.82, 2.24) is 24.1 Å². The number of nitrogens with one attached hydrogen (secondary N) is 2. The summed E-state index contributed by atoms with van der Waals surface area (Å²) >= 11 is 1.52. The second-order valence-corrected chi connectivity index (χ2v) is 5.28. The molecule has 0 radical (unpaired) electrons. The van der Waals surface area contributed by atoms with Crippen molar-refractivity contribution in [3.63, 3.8) is 0 Å². The first-order valence-corrected chi connectivity index (χ1v) is 6.73. The van der Waals surface area contributed by atoms with Gasteiger partial charge in [-0.15, -0.1) is 11.3 Å². The predicted molar refractivity (Wildman–Crippen MR) is 76.0 cm³/mol. The summed E-state index contributed by atoms with van der Waals surface area (Å²) < 4.78 is 2.39. The standard InChI is InChI=1S/C11H12N6O2S/c1-16-8-7(9(18)17(2)11(16)19)14-10(15-8)13-4-6-3-12-5-20-6/h3,5H,4H2,1-2H3,(H2,13,14,15). The molecular weight excluding hydrogens is 280 g/mol. The number of rotatable bonds is 3. The largest absolute Gasteiger partial charge is 0.351 e. The molecule has 0 spiro atoms. The van der Waals surface area contributed by atoms with Crippen molar-refractivity contribution in [2.75, 3.05) is 5.32 Å². The fourth-order valence-corrected chi connectivity index (χ4v) is 2.44. The molecule has 0 saturated carbocycles. The third-order valence-electron chi connectivity index (χ3n) is 3.01. The molecule has 0 aliphatic heterocycles. The minimum Gasteiger partial charge on any atom is -0.351 e. The van der Waals surface area contributed by atoms with Gasteiger partial charge in [-0.2, -0.15) is 4.98 Å². The van der Waals surface area contributed by atoms with Gasteiger partial charge in [0.15, 0.2) is 11.2 Å². The molecule has 9 heteroatoms. The fourth-order valence-electron chi connectivity index (χ4n) is 1.91. The van der Waals surface area contributed by atoms with E-state index in [9.17, 15) is 9.59 Å². The molecule has 0 aliphatic rings. The van der Waals surface area contributed by atoms with Crippen LogP contribution in [0.15, 0.2) is 21.3 Å². The molecule has 8 nitrogen and oxygen atoms in total. The molecule has 0 bridgehead atoms. The summed E-state index contributed by atoms with van der Waals surface area (Å²) in [5.41, 5.74) is 1.60. The highest BCUT2D eigenvalue weighted by Crippen LogP contribution is 2.11. The summed E-state index contributed by atoms with van der Waals surface area (Å²) in [7, 11) is 3.02. The molecule has 3 aromatic heterocycles. The van der Waals surface area contributed by atoms with E-state index >= 15 is 0 Å². The number of imidazole rings is 1. The van der Waals surface area contributed by atoms with Crippen molar-refractivity contribution in [3.8, 4) is 0 Å². The molecule has 0 amide bonds. The van der Waals surface area contributed by atoms with Crippen molar-refractivity contribution in [2.24, 2.45) is 14.1 Å². The van der Waals surface area contributed by atoms with Gasteiger partial charge in [-0.25, -0.2) is 4.79 Å². The van der Waals surface area contributed by atoms with Gasteiger partial charge in [-0.05, 0) is 0 Å². The number of anilines is 1. The molecular formula is C11H12N6O2S. The second kappa shape index (κ2) is 4.60. The quantitative estimate of drug-likeness (QED) is 0.709. The maximum atomic E-state index is 12.0. The number of nitrogens with zero attached hydrogens (tertiary/aromatic N) is 4. The molecule has 0 fully saturated rings. The van der Waals surface area contributed by atoms with Crippen LogP contribution in [-0.4, -0.2) is 24.1 Å². The third kappa shape index (κ3) is 1.92. The van der Waals surface area contributed by atoms with Crippen LogP contribution >= 0.6 is 11.3 Å². The Hall–Kier alpha value is -2.42. The number of hydrogen-bond acceptors (Lipinski definition) is 6. The number of aromatic nitrogens is 5. The number of aromatic amines is 1. The van der Waals surface area contributed by atoms with E-state index < -0.39 is 5.69 Å². The Morgan fingerprint density at radius 1 is 1.35 bits per heavy atom. The lowest BCUT2D eigenvalue weighted by atomic mass is 10.5. The Morgan fingerprint density at radius 2 is 2.15 bits per heavy atom. The predicted octanol–water partition coefficient (Wildman–Crippen LogP) is 0.0289. The van der Waals surface area contributed by atoms with Crippen LogP contribution in [0.3, 0.4) is 0 Å². The van der Waals surface area contributed by atoms with E-state index in [0.29, 0.717) is 23.7 Å². The first-order valence-electron chi connectivity index (χ1n) is 5.85. The zero-order valence-electron chi connectivity index (χ0n) is 10.9. The zero-order valence-corrected chi connectivity index (χ0v) is 11.7. The van der Waals surface area contributed by atoms with Crippen molar-refractivity contribution in [3.05, 3.63) is 37.4 Å². The Balaban J connectivity index is 2.03. The van der Waals surface area contributed by atoms with E-state index in [1.165, 1.54) is 23.0 Å². The average Bonchev–Trinajstić information content (AvgIpc) is 3.09. The monoisotopic (exact) mass is 292 g/mol. The summed E-state index contributed by atoms with van der Waals surface area (Å²) in [4.78, 5) is 36.0. The summed E-state index contributed by atoms with van der Waals surface area (Å²) in [6.45, 7) is 0.554. The summed E-state index contributed by atoms with van der Waals surface area (Å²) in [6, 6.07) is 0. The molecule has 20 heavy (non-hydrogen) atoms. The molecule has 0 aliphatic carbocycles. The third-order valence-corrected chi connectivity index (χ3v) is 3.79. The highest BCUT2D eigenvalue weighted by Gasteiger charge is 2.13. The zero-order chi connectivity index (χ0) is 14.3. The van der Waals surface area contributed by atoms with E-state index in [1.807, 2.05) is 0 Å². The van der Waals surface area contributed by atoms with Crippen LogP contribution in [0.2, 0.25) is 0 Å². The van der Waals surface area contributed by atoms with E-state index in [-0.39, 0.29) is 5.56 Å². The van der Waals surface area contributed by atoms with Crippen LogP contribution in [-0.2, 0) is 20.6 Å². The number of hydrogen-bond donors (Lipinski definition) is 2. The van der Waals surface area contributed by atoms with E-state index in [0.717, 1.165) is 9.44 Å². The van der Waals surface area contributed by atoms with Gasteiger partial charge in [0.25, 0.3) is 5.56 Å². The molecule has 104 valence electrons. The number of H-pyrrole nitrogens is 1. The maximum Gasteiger partial charge on any atom is 0.332 e. The van der Waals surface area contributed by atoms with Crippen molar-refractivity contribution in [1.29, 1.82) is 0 Å². The molecule has 0 aromatic carbocycles. The van der Waals surface area contributed by atoms with Crippen molar-refractivity contribution < 1.29 is 0 Å². The van der Waals surface area contributed by atoms with E-state index in [2.05, 4.69) is 20.3 Å². The Labute approximate surface area is 116 Å². The Kier molecular flexibility index (Phi) is 2.90. The SMILES string of the molecule is Cn1c(=O)c2[nH]c(NCc3cncs3)nc2n(C)c1=O. The normalized spacial score (nSPS) is 11.1. The summed E-state index contributed by atoms with van der Waals surface area (Å²) in [5.74, 6) is 0.451. The lowest BCUT2D eigenvalue weighted by Crippen LogP contribution is -2.36. The van der Waals surface area contributed by atoms with Gasteiger partial charge in [0.2, 0.25) is 5.95 Å². The van der Waals surface area contributed by atoms with Crippen molar-refractivity contribution >= 4 is 28.4 Å². The first-order chi connectivity index (χ1) is 9.58. The van der Waals surface area contributed by atoms with Crippen LogP contribution in [0.5, 0.6) is 0 Å². The topological polar surface area (TPSA) is 97.6 Å². The average molecular weight is 292 g/mol. The molecule has 2 N–H and O–H groups in total.